The van der Waals surface area contributed by atoms with Crippen molar-refractivity contribution in [3.05, 3.63) is 65.0 Å². The molecule has 0 unspecified atom stereocenters. The van der Waals surface area contributed by atoms with E-state index in [4.69, 9.17) is 0 Å². The maximum Gasteiger partial charge on any atom is 0.251 e. The molecule has 0 radical (unpaired) electrons. The predicted octanol–water partition coefficient (Wildman–Crippen LogP) is 1.74. The normalized spacial score (nSPS) is 10.1. The molecule has 0 saturated heterocycles. The van der Waals surface area contributed by atoms with Crippen LogP contribution in [0.25, 0.3) is 0 Å². The van der Waals surface area contributed by atoms with Gasteiger partial charge in [0.1, 0.15) is 0 Å². The molecule has 2 aromatic rings. The molecule has 0 aliphatic carbocycles. The number of nitrogens with zero attached hydrogens (tertiary/aromatic N) is 1. The fourth-order valence-electron chi connectivity index (χ4n) is 1.91. The average molecular weight is 297 g/mol. The first-order valence-electron chi connectivity index (χ1n) is 7.07. The number of carbonyl (C=O) groups is 2. The fourth-order valence-corrected chi connectivity index (χ4v) is 1.91. The summed E-state index contributed by atoms with van der Waals surface area (Å²) in [7, 11) is 0. The number of amides is 2. The third-order valence-electron chi connectivity index (χ3n) is 3.42. The lowest BCUT2D eigenvalue weighted by Crippen LogP contribution is -2.36. The molecular weight excluding hydrogens is 278 g/mol. The summed E-state index contributed by atoms with van der Waals surface area (Å²) in [6.45, 7) is 4.31. The van der Waals surface area contributed by atoms with E-state index in [1.165, 1.54) is 0 Å². The van der Waals surface area contributed by atoms with Gasteiger partial charge in [-0.05, 0) is 54.8 Å². The minimum Gasteiger partial charge on any atom is -0.350 e. The SMILES string of the molecule is Cc1ccc(C(=O)NCC(=O)NCc2ccncc2)cc1C. The lowest BCUT2D eigenvalue weighted by atomic mass is 10.1. The van der Waals surface area contributed by atoms with E-state index in [1.807, 2.05) is 38.1 Å². The number of benzene rings is 1. The Morgan fingerprint density at radius 1 is 1.00 bits per heavy atom. The molecule has 22 heavy (non-hydrogen) atoms. The van der Waals surface area contributed by atoms with E-state index < -0.39 is 0 Å². The summed E-state index contributed by atoms with van der Waals surface area (Å²) in [5.74, 6) is -0.476. The van der Waals surface area contributed by atoms with E-state index in [2.05, 4.69) is 15.6 Å². The maximum absolute atomic E-state index is 12.0. The van der Waals surface area contributed by atoms with Crippen LogP contribution in [0.5, 0.6) is 0 Å². The highest BCUT2D eigenvalue weighted by Crippen LogP contribution is 2.09. The minimum atomic E-state index is -0.248. The molecule has 114 valence electrons. The van der Waals surface area contributed by atoms with Crippen molar-refractivity contribution < 1.29 is 9.59 Å². The van der Waals surface area contributed by atoms with Gasteiger partial charge >= 0.3 is 0 Å². The van der Waals surface area contributed by atoms with Crippen LogP contribution in [0.2, 0.25) is 0 Å². The molecule has 0 spiro atoms. The molecule has 0 saturated carbocycles. The Hall–Kier alpha value is -2.69. The second-order valence-electron chi connectivity index (χ2n) is 5.11. The standard InChI is InChI=1S/C17H19N3O2/c1-12-3-4-15(9-13(12)2)17(22)20-11-16(21)19-10-14-5-7-18-8-6-14/h3-9H,10-11H2,1-2H3,(H,19,21)(H,20,22). The molecular formula is C17H19N3O2. The molecule has 0 bridgehead atoms. The molecule has 0 fully saturated rings. The van der Waals surface area contributed by atoms with Crippen molar-refractivity contribution in [2.24, 2.45) is 0 Å². The number of hydrogen-bond donors (Lipinski definition) is 2. The quantitative estimate of drug-likeness (QED) is 0.883. The fraction of sp³-hybridized carbons (Fsp3) is 0.235. The highest BCUT2D eigenvalue weighted by Gasteiger charge is 2.08. The van der Waals surface area contributed by atoms with Gasteiger partial charge in [-0.2, -0.15) is 0 Å². The summed E-state index contributed by atoms with van der Waals surface area (Å²) in [6.07, 6.45) is 3.34. The van der Waals surface area contributed by atoms with E-state index in [0.29, 0.717) is 12.1 Å². The van der Waals surface area contributed by atoms with Crippen molar-refractivity contribution in [2.45, 2.75) is 20.4 Å². The van der Waals surface area contributed by atoms with Crippen molar-refractivity contribution in [3.8, 4) is 0 Å². The van der Waals surface area contributed by atoms with Crippen LogP contribution in [-0.2, 0) is 11.3 Å². The maximum atomic E-state index is 12.0. The number of rotatable bonds is 5. The second kappa shape index (κ2) is 7.36. The summed E-state index contributed by atoms with van der Waals surface area (Å²) >= 11 is 0. The van der Waals surface area contributed by atoms with E-state index in [0.717, 1.165) is 16.7 Å². The van der Waals surface area contributed by atoms with Gasteiger partial charge in [0, 0.05) is 24.5 Å². The first-order valence-corrected chi connectivity index (χ1v) is 7.07. The largest absolute Gasteiger partial charge is 0.350 e. The first-order chi connectivity index (χ1) is 10.6. The van der Waals surface area contributed by atoms with E-state index >= 15 is 0 Å². The van der Waals surface area contributed by atoms with Gasteiger partial charge in [0.15, 0.2) is 0 Å². The van der Waals surface area contributed by atoms with Crippen LogP contribution in [0.1, 0.15) is 27.0 Å². The van der Waals surface area contributed by atoms with Crippen molar-refractivity contribution in [3.63, 3.8) is 0 Å². The molecule has 1 aromatic heterocycles. The monoisotopic (exact) mass is 297 g/mol. The Bertz CT molecular complexity index is 669. The molecule has 1 heterocycles. The Kier molecular flexibility index (Phi) is 5.25. The minimum absolute atomic E-state index is 0.0448. The van der Waals surface area contributed by atoms with E-state index in [1.54, 1.807) is 18.5 Å². The molecule has 5 heteroatoms. The predicted molar refractivity (Wildman–Crippen MR) is 84.3 cm³/mol. The molecule has 5 nitrogen and oxygen atoms in total. The van der Waals surface area contributed by atoms with Gasteiger partial charge in [0.05, 0.1) is 6.54 Å². The van der Waals surface area contributed by atoms with Gasteiger partial charge in [-0.3, -0.25) is 14.6 Å². The van der Waals surface area contributed by atoms with E-state index in [-0.39, 0.29) is 18.4 Å². The van der Waals surface area contributed by atoms with Gasteiger partial charge < -0.3 is 10.6 Å². The molecule has 0 aliphatic rings. The Morgan fingerprint density at radius 3 is 2.41 bits per heavy atom. The van der Waals surface area contributed by atoms with Crippen molar-refractivity contribution in [2.75, 3.05) is 6.54 Å². The zero-order valence-corrected chi connectivity index (χ0v) is 12.7. The number of aromatic nitrogens is 1. The van der Waals surface area contributed by atoms with Crippen molar-refractivity contribution >= 4 is 11.8 Å². The summed E-state index contributed by atoms with van der Waals surface area (Å²) in [5.41, 5.74) is 3.70. The molecule has 0 atom stereocenters. The van der Waals surface area contributed by atoms with Crippen LogP contribution >= 0.6 is 0 Å². The zero-order valence-electron chi connectivity index (χ0n) is 12.7. The van der Waals surface area contributed by atoms with Gasteiger partial charge in [-0.1, -0.05) is 6.07 Å². The van der Waals surface area contributed by atoms with Gasteiger partial charge in [0.2, 0.25) is 5.91 Å². The summed E-state index contributed by atoms with van der Waals surface area (Å²) < 4.78 is 0. The molecule has 2 amide bonds. The number of aryl methyl sites for hydroxylation is 2. The van der Waals surface area contributed by atoms with Crippen LogP contribution in [-0.4, -0.2) is 23.3 Å². The summed E-state index contributed by atoms with van der Waals surface area (Å²) in [4.78, 5) is 27.6. The summed E-state index contributed by atoms with van der Waals surface area (Å²) in [6, 6.07) is 9.13. The smallest absolute Gasteiger partial charge is 0.251 e. The van der Waals surface area contributed by atoms with Crippen molar-refractivity contribution in [1.82, 2.24) is 15.6 Å². The first kappa shape index (κ1) is 15.7. The van der Waals surface area contributed by atoms with Gasteiger partial charge in [0.25, 0.3) is 5.91 Å². The molecule has 1 aromatic carbocycles. The number of hydrogen-bond acceptors (Lipinski definition) is 3. The lowest BCUT2D eigenvalue weighted by molar-refractivity contribution is -0.120. The highest BCUT2D eigenvalue weighted by molar-refractivity contribution is 5.96. The van der Waals surface area contributed by atoms with Crippen LogP contribution in [0, 0.1) is 13.8 Å². The third kappa shape index (κ3) is 4.41. The van der Waals surface area contributed by atoms with Crippen LogP contribution < -0.4 is 10.6 Å². The lowest BCUT2D eigenvalue weighted by Gasteiger charge is -2.08. The Morgan fingerprint density at radius 2 is 1.73 bits per heavy atom. The van der Waals surface area contributed by atoms with Gasteiger partial charge in [-0.25, -0.2) is 0 Å². The number of carbonyl (C=O) groups excluding carboxylic acids is 2. The zero-order chi connectivity index (χ0) is 15.9. The highest BCUT2D eigenvalue weighted by atomic mass is 16.2. The molecule has 2 rings (SSSR count). The van der Waals surface area contributed by atoms with Crippen LogP contribution in [0.4, 0.5) is 0 Å². The van der Waals surface area contributed by atoms with Crippen LogP contribution in [0.15, 0.2) is 42.7 Å². The van der Waals surface area contributed by atoms with Crippen molar-refractivity contribution in [1.29, 1.82) is 0 Å². The third-order valence-corrected chi connectivity index (χ3v) is 3.42. The average Bonchev–Trinajstić information content (AvgIpc) is 2.54. The Balaban J connectivity index is 1.80. The van der Waals surface area contributed by atoms with E-state index in [9.17, 15) is 9.59 Å². The number of pyridine rings is 1. The van der Waals surface area contributed by atoms with Crippen LogP contribution in [0.3, 0.4) is 0 Å². The molecule has 0 aliphatic heterocycles. The van der Waals surface area contributed by atoms with Gasteiger partial charge in [-0.15, -0.1) is 0 Å². The topological polar surface area (TPSA) is 71.1 Å². The molecule has 2 N–H and O–H groups in total. The second-order valence-corrected chi connectivity index (χ2v) is 5.11. The Labute approximate surface area is 129 Å². The number of nitrogens with one attached hydrogen (secondary N) is 2. The summed E-state index contributed by atoms with van der Waals surface area (Å²) in [5, 5.41) is 5.36.